The molecule has 1 aromatic rings. The highest BCUT2D eigenvalue weighted by Crippen LogP contribution is 2.34. The number of hydrogen-bond acceptors (Lipinski definition) is 3. The lowest BCUT2D eigenvalue weighted by molar-refractivity contribution is -0.140. The predicted octanol–water partition coefficient (Wildman–Crippen LogP) is 4.12. The number of carbonyl (C=O) groups is 1. The lowest BCUT2D eigenvalue weighted by Gasteiger charge is -2.27. The Kier molecular flexibility index (Phi) is 5.43. The van der Waals surface area contributed by atoms with E-state index in [1.165, 1.54) is 0 Å². The zero-order valence-corrected chi connectivity index (χ0v) is 14.1. The Labute approximate surface area is 138 Å². The van der Waals surface area contributed by atoms with Crippen LogP contribution in [-0.4, -0.2) is 5.97 Å². The third-order valence-electron chi connectivity index (χ3n) is 4.16. The van der Waals surface area contributed by atoms with Gasteiger partial charge in [0.15, 0.2) is 0 Å². The molecule has 1 aliphatic carbocycles. The molecule has 0 saturated carbocycles. The summed E-state index contributed by atoms with van der Waals surface area (Å²) in [7, 11) is 0. The second-order valence-corrected chi connectivity index (χ2v) is 6.40. The number of allylic oxidation sites excluding steroid dienone is 3. The summed E-state index contributed by atoms with van der Waals surface area (Å²) in [4.78, 5) is 12.6. The molecule has 1 aromatic carbocycles. The predicted molar refractivity (Wildman–Crippen MR) is 93.3 cm³/mol. The molecule has 3 nitrogen and oxygen atoms in total. The van der Waals surface area contributed by atoms with Gasteiger partial charge in [-0.3, -0.25) is 0 Å². The molecule has 23 heavy (non-hydrogen) atoms. The van der Waals surface area contributed by atoms with Gasteiger partial charge in [0.05, 0.1) is 0 Å². The van der Waals surface area contributed by atoms with E-state index >= 15 is 0 Å². The van der Waals surface area contributed by atoms with Crippen molar-refractivity contribution < 1.29 is 9.53 Å². The van der Waals surface area contributed by atoms with Gasteiger partial charge in [0.25, 0.3) is 0 Å². The molecule has 0 heterocycles. The quantitative estimate of drug-likeness (QED) is 0.657. The van der Waals surface area contributed by atoms with Gasteiger partial charge in [-0.2, -0.15) is 0 Å². The molecular weight excluding hydrogens is 286 g/mol. The first-order chi connectivity index (χ1) is 10.9. The van der Waals surface area contributed by atoms with Crippen molar-refractivity contribution in [1.82, 2.24) is 0 Å². The average molecular weight is 311 g/mol. The van der Waals surface area contributed by atoms with Gasteiger partial charge in [0.1, 0.15) is 6.61 Å². The number of carbonyl (C=O) groups excluding carboxylic acids is 1. The number of hydrogen-bond donors (Lipinski definition) is 1. The van der Waals surface area contributed by atoms with Crippen LogP contribution in [0.25, 0.3) is 0 Å². The monoisotopic (exact) mass is 311 g/mol. The summed E-state index contributed by atoms with van der Waals surface area (Å²) < 4.78 is 5.51. The van der Waals surface area contributed by atoms with Crippen molar-refractivity contribution in [2.45, 2.75) is 33.8 Å². The zero-order valence-electron chi connectivity index (χ0n) is 14.1. The standard InChI is InChI=1S/C20H25NO2/c1-13(2)16-11-19(21)17(14(3)4)10-18(16)20(22)23-12-15-8-6-5-7-9-15/h5-9,11,13,17H,3,10,12,21H2,1-2,4H3/t17-/m1/s1. The fraction of sp³-hybridized carbons (Fsp3) is 0.350. The molecule has 3 heteroatoms. The third kappa shape index (κ3) is 4.13. The number of benzene rings is 1. The zero-order chi connectivity index (χ0) is 17.0. The summed E-state index contributed by atoms with van der Waals surface area (Å²) in [6.07, 6.45) is 2.49. The second kappa shape index (κ2) is 7.32. The van der Waals surface area contributed by atoms with Crippen molar-refractivity contribution in [3.05, 3.63) is 71.0 Å². The topological polar surface area (TPSA) is 52.3 Å². The van der Waals surface area contributed by atoms with E-state index in [1.54, 1.807) is 0 Å². The molecule has 0 aromatic heterocycles. The molecule has 0 saturated heterocycles. The maximum atomic E-state index is 12.6. The van der Waals surface area contributed by atoms with E-state index in [1.807, 2.05) is 43.3 Å². The van der Waals surface area contributed by atoms with E-state index in [0.29, 0.717) is 6.42 Å². The van der Waals surface area contributed by atoms with Gasteiger partial charge in [0, 0.05) is 17.2 Å². The SMILES string of the molecule is C=C(C)[C@H]1CC(C(=O)OCc2ccccc2)=C(C(C)C)C=C1N. The van der Waals surface area contributed by atoms with Crippen molar-refractivity contribution >= 4 is 5.97 Å². The first-order valence-electron chi connectivity index (χ1n) is 7.96. The molecule has 0 radical (unpaired) electrons. The summed E-state index contributed by atoms with van der Waals surface area (Å²) in [5, 5.41) is 0. The van der Waals surface area contributed by atoms with E-state index in [2.05, 4.69) is 20.4 Å². The van der Waals surface area contributed by atoms with Crippen LogP contribution in [-0.2, 0) is 16.1 Å². The Morgan fingerprint density at radius 3 is 2.57 bits per heavy atom. The average Bonchev–Trinajstić information content (AvgIpc) is 2.52. The molecule has 1 atom stereocenters. The molecule has 2 rings (SSSR count). The van der Waals surface area contributed by atoms with Crippen molar-refractivity contribution in [3.8, 4) is 0 Å². The fourth-order valence-corrected chi connectivity index (χ4v) is 2.79. The minimum absolute atomic E-state index is 0.0109. The molecule has 0 spiro atoms. The normalized spacial score (nSPS) is 17.9. The summed E-state index contributed by atoms with van der Waals surface area (Å²) in [5.74, 6) is -0.0248. The molecule has 0 fully saturated rings. The van der Waals surface area contributed by atoms with Gasteiger partial charge in [-0.15, -0.1) is 0 Å². The van der Waals surface area contributed by atoms with E-state index in [9.17, 15) is 4.79 Å². The lowest BCUT2D eigenvalue weighted by Crippen LogP contribution is -2.24. The molecule has 2 N–H and O–H groups in total. The Hall–Kier alpha value is -2.29. The van der Waals surface area contributed by atoms with Gasteiger partial charge < -0.3 is 10.5 Å². The van der Waals surface area contributed by atoms with E-state index in [-0.39, 0.29) is 24.4 Å². The summed E-state index contributed by atoms with van der Waals surface area (Å²) in [6.45, 7) is 10.3. The highest BCUT2D eigenvalue weighted by atomic mass is 16.5. The van der Waals surface area contributed by atoms with Crippen LogP contribution in [0, 0.1) is 11.8 Å². The Morgan fingerprint density at radius 2 is 2.00 bits per heavy atom. The maximum absolute atomic E-state index is 12.6. The molecule has 0 bridgehead atoms. The highest BCUT2D eigenvalue weighted by Gasteiger charge is 2.28. The smallest absolute Gasteiger partial charge is 0.334 e. The molecule has 0 aliphatic heterocycles. The van der Waals surface area contributed by atoms with Crippen LogP contribution in [0.5, 0.6) is 0 Å². The minimum atomic E-state index is -0.257. The number of ether oxygens (including phenoxy) is 1. The maximum Gasteiger partial charge on any atom is 0.334 e. The number of esters is 1. The van der Waals surface area contributed by atoms with Crippen LogP contribution in [0.3, 0.4) is 0 Å². The van der Waals surface area contributed by atoms with Gasteiger partial charge in [-0.25, -0.2) is 4.79 Å². The van der Waals surface area contributed by atoms with Crippen LogP contribution in [0.4, 0.5) is 0 Å². The van der Waals surface area contributed by atoms with Crippen molar-refractivity contribution in [1.29, 1.82) is 0 Å². The van der Waals surface area contributed by atoms with Gasteiger partial charge >= 0.3 is 5.97 Å². The molecule has 0 unspecified atom stereocenters. The molecule has 0 amide bonds. The van der Waals surface area contributed by atoms with Crippen molar-refractivity contribution in [2.75, 3.05) is 0 Å². The van der Waals surface area contributed by atoms with Crippen LogP contribution in [0.1, 0.15) is 32.8 Å². The fourth-order valence-electron chi connectivity index (χ4n) is 2.79. The van der Waals surface area contributed by atoms with E-state index in [4.69, 9.17) is 10.5 Å². The van der Waals surface area contributed by atoms with Crippen molar-refractivity contribution in [3.63, 3.8) is 0 Å². The molecular formula is C20H25NO2. The van der Waals surface area contributed by atoms with Crippen molar-refractivity contribution in [2.24, 2.45) is 17.6 Å². The summed E-state index contributed by atoms with van der Waals surface area (Å²) in [6, 6.07) is 9.70. The van der Waals surface area contributed by atoms with Crippen LogP contribution >= 0.6 is 0 Å². The van der Waals surface area contributed by atoms with Gasteiger partial charge in [-0.05, 0) is 36.5 Å². The second-order valence-electron chi connectivity index (χ2n) is 6.40. The van der Waals surface area contributed by atoms with Gasteiger partial charge in [-0.1, -0.05) is 56.3 Å². The Morgan fingerprint density at radius 1 is 1.35 bits per heavy atom. The first kappa shape index (κ1) is 17.1. The van der Waals surface area contributed by atoms with E-state index in [0.717, 1.165) is 28.0 Å². The van der Waals surface area contributed by atoms with Gasteiger partial charge in [0.2, 0.25) is 0 Å². The minimum Gasteiger partial charge on any atom is -0.457 e. The summed E-state index contributed by atoms with van der Waals surface area (Å²) >= 11 is 0. The summed E-state index contributed by atoms with van der Waals surface area (Å²) in [5.41, 5.74) is 10.6. The highest BCUT2D eigenvalue weighted by molar-refractivity contribution is 5.90. The first-order valence-corrected chi connectivity index (χ1v) is 7.96. The van der Waals surface area contributed by atoms with Crippen LogP contribution in [0.2, 0.25) is 0 Å². The number of rotatable bonds is 5. The third-order valence-corrected chi connectivity index (χ3v) is 4.16. The Bertz CT molecular complexity index is 653. The van der Waals surface area contributed by atoms with Crippen LogP contribution in [0.15, 0.2) is 65.4 Å². The Balaban J connectivity index is 2.20. The number of nitrogens with two attached hydrogens (primary N) is 1. The largest absolute Gasteiger partial charge is 0.457 e. The van der Waals surface area contributed by atoms with E-state index < -0.39 is 0 Å². The van der Waals surface area contributed by atoms with Crippen LogP contribution < -0.4 is 5.73 Å². The molecule has 1 aliphatic rings. The lowest BCUT2D eigenvalue weighted by atomic mass is 9.80. The molecule has 122 valence electrons.